The number of carbonyl (C=O) groups is 2. The van der Waals surface area contributed by atoms with Crippen molar-refractivity contribution < 1.29 is 9.59 Å². The van der Waals surface area contributed by atoms with E-state index in [4.69, 9.17) is 0 Å². The van der Waals surface area contributed by atoms with Crippen molar-refractivity contribution in [3.8, 4) is 0 Å². The van der Waals surface area contributed by atoms with Crippen LogP contribution in [-0.2, 0) is 11.8 Å². The lowest BCUT2D eigenvalue weighted by Crippen LogP contribution is -2.45. The van der Waals surface area contributed by atoms with Gasteiger partial charge < -0.3 is 10.2 Å². The number of unbranched alkanes of at least 4 members (excludes halogenated alkanes) is 1. The number of carbonyl (C=O) groups excluding carboxylic acids is 2. The van der Waals surface area contributed by atoms with Gasteiger partial charge >= 0.3 is 0 Å². The SMILES string of the molecule is CCCCNC(=O)C(c1cnc(N(C)C)nc1)N(C(=O)c1ccccc1)c1nn(C)cc1C. The van der Waals surface area contributed by atoms with E-state index in [9.17, 15) is 9.59 Å². The minimum absolute atomic E-state index is 0.306. The third-order valence-electron chi connectivity index (χ3n) is 5.16. The summed E-state index contributed by atoms with van der Waals surface area (Å²) in [5.74, 6) is 0.293. The number of nitrogens with zero attached hydrogens (tertiary/aromatic N) is 6. The number of nitrogens with one attached hydrogen (secondary N) is 1. The van der Waals surface area contributed by atoms with Crippen molar-refractivity contribution in [2.45, 2.75) is 32.7 Å². The molecule has 33 heavy (non-hydrogen) atoms. The molecule has 9 heteroatoms. The summed E-state index contributed by atoms with van der Waals surface area (Å²) in [7, 11) is 5.46. The van der Waals surface area contributed by atoms with E-state index in [-0.39, 0.29) is 11.8 Å². The predicted molar refractivity (Wildman–Crippen MR) is 128 cm³/mol. The van der Waals surface area contributed by atoms with Gasteiger partial charge in [0.2, 0.25) is 11.9 Å². The molecule has 1 aromatic carbocycles. The normalized spacial score (nSPS) is 11.7. The predicted octanol–water partition coefficient (Wildman–Crippen LogP) is 2.89. The maximum Gasteiger partial charge on any atom is 0.260 e. The lowest BCUT2D eigenvalue weighted by Gasteiger charge is -2.30. The first-order chi connectivity index (χ1) is 15.8. The molecule has 2 aromatic heterocycles. The Hall–Kier alpha value is -3.75. The molecule has 0 aliphatic carbocycles. The lowest BCUT2D eigenvalue weighted by atomic mass is 10.0. The van der Waals surface area contributed by atoms with Crippen molar-refractivity contribution in [1.29, 1.82) is 0 Å². The van der Waals surface area contributed by atoms with Crippen LogP contribution >= 0.6 is 0 Å². The zero-order chi connectivity index (χ0) is 24.0. The van der Waals surface area contributed by atoms with Gasteiger partial charge in [0.05, 0.1) is 0 Å². The Balaban J connectivity index is 2.14. The number of aromatic nitrogens is 4. The van der Waals surface area contributed by atoms with Crippen LogP contribution in [0.5, 0.6) is 0 Å². The molecule has 3 rings (SSSR count). The fourth-order valence-electron chi connectivity index (χ4n) is 3.49. The molecule has 2 amide bonds. The van der Waals surface area contributed by atoms with Gasteiger partial charge in [-0.3, -0.25) is 19.2 Å². The molecule has 3 aromatic rings. The highest BCUT2D eigenvalue weighted by Gasteiger charge is 2.36. The molecule has 0 spiro atoms. The summed E-state index contributed by atoms with van der Waals surface area (Å²) in [6.07, 6.45) is 6.78. The fourth-order valence-corrected chi connectivity index (χ4v) is 3.49. The Labute approximate surface area is 194 Å². The summed E-state index contributed by atoms with van der Waals surface area (Å²) in [6.45, 7) is 4.43. The number of rotatable bonds is 9. The fraction of sp³-hybridized carbons (Fsp3) is 0.375. The maximum atomic E-state index is 13.8. The smallest absolute Gasteiger partial charge is 0.260 e. The topological polar surface area (TPSA) is 96.2 Å². The molecule has 0 fully saturated rings. The van der Waals surface area contributed by atoms with Crippen LogP contribution in [0.3, 0.4) is 0 Å². The highest BCUT2D eigenvalue weighted by molar-refractivity contribution is 6.09. The summed E-state index contributed by atoms with van der Waals surface area (Å²) < 4.78 is 1.63. The van der Waals surface area contributed by atoms with Crippen molar-refractivity contribution in [3.63, 3.8) is 0 Å². The second kappa shape index (κ2) is 10.7. The Bertz CT molecular complexity index is 1080. The average molecular weight is 450 g/mol. The summed E-state index contributed by atoms with van der Waals surface area (Å²) >= 11 is 0. The van der Waals surface area contributed by atoms with Gasteiger partial charge in [-0.1, -0.05) is 31.5 Å². The van der Waals surface area contributed by atoms with Crippen LogP contribution in [0.2, 0.25) is 0 Å². The molecule has 1 atom stereocenters. The Morgan fingerprint density at radius 1 is 1.12 bits per heavy atom. The Morgan fingerprint density at radius 2 is 1.79 bits per heavy atom. The van der Waals surface area contributed by atoms with Gasteiger partial charge in [0.25, 0.3) is 5.91 Å². The summed E-state index contributed by atoms with van der Waals surface area (Å²) in [5, 5.41) is 7.49. The van der Waals surface area contributed by atoms with Gasteiger partial charge in [-0.25, -0.2) is 9.97 Å². The van der Waals surface area contributed by atoms with Crippen LogP contribution in [0.15, 0.2) is 48.9 Å². The molecule has 0 radical (unpaired) electrons. The third-order valence-corrected chi connectivity index (χ3v) is 5.16. The first kappa shape index (κ1) is 23.9. The maximum absolute atomic E-state index is 13.8. The van der Waals surface area contributed by atoms with Gasteiger partial charge in [0, 0.05) is 63.0 Å². The number of hydrogen-bond donors (Lipinski definition) is 1. The third kappa shape index (κ3) is 5.54. The minimum atomic E-state index is -0.987. The van der Waals surface area contributed by atoms with E-state index in [2.05, 4.69) is 27.3 Å². The van der Waals surface area contributed by atoms with Crippen LogP contribution in [0.4, 0.5) is 11.8 Å². The number of aryl methyl sites for hydroxylation is 2. The van der Waals surface area contributed by atoms with Gasteiger partial charge in [0.15, 0.2) is 5.82 Å². The van der Waals surface area contributed by atoms with E-state index in [1.165, 1.54) is 4.90 Å². The van der Waals surface area contributed by atoms with E-state index in [0.29, 0.717) is 29.4 Å². The molecule has 1 N–H and O–H groups in total. The van der Waals surface area contributed by atoms with Crippen molar-refractivity contribution in [1.82, 2.24) is 25.1 Å². The zero-order valence-electron chi connectivity index (χ0n) is 19.8. The van der Waals surface area contributed by atoms with Crippen molar-refractivity contribution in [2.75, 3.05) is 30.4 Å². The highest BCUT2D eigenvalue weighted by Crippen LogP contribution is 2.30. The molecule has 174 valence electrons. The van der Waals surface area contributed by atoms with Crippen LogP contribution < -0.4 is 15.1 Å². The highest BCUT2D eigenvalue weighted by atomic mass is 16.2. The van der Waals surface area contributed by atoms with E-state index in [1.807, 2.05) is 33.3 Å². The second-order valence-corrected chi connectivity index (χ2v) is 8.11. The number of amides is 2. The molecule has 9 nitrogen and oxygen atoms in total. The molecule has 0 saturated carbocycles. The summed E-state index contributed by atoms with van der Waals surface area (Å²) in [6, 6.07) is 7.90. The lowest BCUT2D eigenvalue weighted by molar-refractivity contribution is -0.122. The van der Waals surface area contributed by atoms with Gasteiger partial charge in [0.1, 0.15) is 6.04 Å². The van der Waals surface area contributed by atoms with Crippen LogP contribution in [0, 0.1) is 6.92 Å². The monoisotopic (exact) mass is 449 g/mol. The molecule has 0 bridgehead atoms. The van der Waals surface area contributed by atoms with E-state index >= 15 is 0 Å². The number of hydrogen-bond acceptors (Lipinski definition) is 6. The molecule has 0 aliphatic rings. The van der Waals surface area contributed by atoms with E-state index in [0.717, 1.165) is 18.4 Å². The average Bonchev–Trinajstić information content (AvgIpc) is 3.15. The van der Waals surface area contributed by atoms with Gasteiger partial charge in [-0.05, 0) is 25.5 Å². The second-order valence-electron chi connectivity index (χ2n) is 8.11. The molecule has 2 heterocycles. The first-order valence-electron chi connectivity index (χ1n) is 11.0. The summed E-state index contributed by atoms with van der Waals surface area (Å²) in [5.41, 5.74) is 1.74. The molecular formula is C24H31N7O2. The molecule has 1 unspecified atom stereocenters. The minimum Gasteiger partial charge on any atom is -0.354 e. The van der Waals surface area contributed by atoms with E-state index < -0.39 is 6.04 Å². The van der Waals surface area contributed by atoms with Crippen molar-refractivity contribution in [2.24, 2.45) is 7.05 Å². The van der Waals surface area contributed by atoms with Crippen molar-refractivity contribution in [3.05, 3.63) is 65.6 Å². The quantitative estimate of drug-likeness (QED) is 0.505. The van der Waals surface area contributed by atoms with Crippen molar-refractivity contribution >= 4 is 23.6 Å². The standard InChI is InChI=1S/C24H31N7O2/c1-6-7-13-25-22(32)20(19-14-26-24(27-15-19)29(3)4)31(21-17(2)16-30(5)28-21)23(33)18-11-9-8-10-12-18/h8-12,14-16,20H,6-7,13H2,1-5H3,(H,25,32). The zero-order valence-corrected chi connectivity index (χ0v) is 19.8. The number of benzene rings is 1. The van der Waals surface area contributed by atoms with Gasteiger partial charge in [-0.2, -0.15) is 5.10 Å². The molecule has 0 aliphatic heterocycles. The van der Waals surface area contributed by atoms with Crippen LogP contribution in [0.25, 0.3) is 0 Å². The number of anilines is 2. The molecule has 0 saturated heterocycles. The first-order valence-corrected chi connectivity index (χ1v) is 11.0. The van der Waals surface area contributed by atoms with Crippen LogP contribution in [0.1, 0.15) is 47.3 Å². The Morgan fingerprint density at radius 3 is 2.33 bits per heavy atom. The summed E-state index contributed by atoms with van der Waals surface area (Å²) in [4.78, 5) is 39.3. The largest absolute Gasteiger partial charge is 0.354 e. The van der Waals surface area contributed by atoms with E-state index in [1.54, 1.807) is 53.3 Å². The Kier molecular flexibility index (Phi) is 7.76. The van der Waals surface area contributed by atoms with Crippen LogP contribution in [-0.4, -0.2) is 52.2 Å². The van der Waals surface area contributed by atoms with Gasteiger partial charge in [-0.15, -0.1) is 0 Å². The molecular weight excluding hydrogens is 418 g/mol.